The summed E-state index contributed by atoms with van der Waals surface area (Å²) in [6, 6.07) is 25.5. The van der Waals surface area contributed by atoms with Gasteiger partial charge in [0.25, 0.3) is 0 Å². The molecule has 0 bridgehead atoms. The number of aryl methyl sites for hydroxylation is 2. The van der Waals surface area contributed by atoms with E-state index in [1.54, 1.807) is 0 Å². The van der Waals surface area contributed by atoms with E-state index in [0.29, 0.717) is 0 Å². The second-order valence-corrected chi connectivity index (χ2v) is 5.21. The van der Waals surface area contributed by atoms with Crippen molar-refractivity contribution in [2.75, 3.05) is 0 Å². The molecule has 0 fully saturated rings. The van der Waals surface area contributed by atoms with Gasteiger partial charge in [-0.15, -0.1) is 69.1 Å². The van der Waals surface area contributed by atoms with Gasteiger partial charge in [-0.2, -0.15) is 24.3 Å². The maximum Gasteiger partial charge on any atom is 2.00 e. The van der Waals surface area contributed by atoms with Crippen LogP contribution in [0.15, 0.2) is 72.8 Å². The minimum atomic E-state index is 0. The molecule has 0 aliphatic rings. The summed E-state index contributed by atoms with van der Waals surface area (Å²) in [6.45, 7) is 4.28. The minimum Gasteiger partial charge on any atom is -0.168 e. The molecule has 0 saturated carbocycles. The van der Waals surface area contributed by atoms with E-state index in [2.05, 4.69) is 86.6 Å². The van der Waals surface area contributed by atoms with Crippen LogP contribution in [0.5, 0.6) is 0 Å². The molecule has 1 radical (unpaired) electrons. The second kappa shape index (κ2) is 6.75. The van der Waals surface area contributed by atoms with Crippen molar-refractivity contribution in [3.8, 4) is 0 Å². The van der Waals surface area contributed by atoms with E-state index in [4.69, 9.17) is 0 Å². The maximum atomic E-state index is 2.16. The van der Waals surface area contributed by atoms with Crippen molar-refractivity contribution in [2.45, 2.75) is 13.8 Å². The van der Waals surface area contributed by atoms with Crippen molar-refractivity contribution >= 4 is 21.5 Å². The van der Waals surface area contributed by atoms with Crippen LogP contribution >= 0.6 is 0 Å². The van der Waals surface area contributed by atoms with Gasteiger partial charge in [0.1, 0.15) is 0 Å². The zero-order valence-corrected chi connectivity index (χ0v) is 13.3. The Bertz CT molecular complexity index is 761. The van der Waals surface area contributed by atoms with Gasteiger partial charge in [-0.05, 0) is 0 Å². The van der Waals surface area contributed by atoms with Gasteiger partial charge in [-0.25, -0.2) is 0 Å². The summed E-state index contributed by atoms with van der Waals surface area (Å²) < 4.78 is 0. The smallest absolute Gasteiger partial charge is 0.168 e. The summed E-state index contributed by atoms with van der Waals surface area (Å²) >= 11 is 0. The Morgan fingerprint density at radius 1 is 0.571 bits per heavy atom. The van der Waals surface area contributed by atoms with Crippen LogP contribution in [-0.4, -0.2) is 0 Å². The first-order valence-electron chi connectivity index (χ1n) is 6.98. The van der Waals surface area contributed by atoms with E-state index in [1.807, 2.05) is 0 Å². The summed E-state index contributed by atoms with van der Waals surface area (Å²) in [6.07, 6.45) is 0. The topological polar surface area (TPSA) is 0 Å². The molecule has 0 saturated heterocycles. The van der Waals surface area contributed by atoms with Gasteiger partial charge in [-0.3, -0.25) is 0 Å². The van der Waals surface area contributed by atoms with Crippen LogP contribution in [0.3, 0.4) is 0 Å². The second-order valence-electron chi connectivity index (χ2n) is 5.21. The van der Waals surface area contributed by atoms with E-state index < -0.39 is 0 Å². The van der Waals surface area contributed by atoms with Gasteiger partial charge < -0.3 is 0 Å². The Labute approximate surface area is 136 Å². The standard InChI is InChI=1S/2C10H9.Co/c2*1-8-6-7-9-4-2-3-5-10(8)9;/h2*2-7H,1H3;/q2*-1;+2. The van der Waals surface area contributed by atoms with Gasteiger partial charge >= 0.3 is 16.8 Å². The molecule has 21 heavy (non-hydrogen) atoms. The molecule has 0 atom stereocenters. The number of benzene rings is 2. The summed E-state index contributed by atoms with van der Waals surface area (Å²) in [5.74, 6) is 0. The first-order valence-corrected chi connectivity index (χ1v) is 6.98. The maximum absolute atomic E-state index is 2.16. The fourth-order valence-electron chi connectivity index (χ4n) is 2.61. The summed E-state index contributed by atoms with van der Waals surface area (Å²) in [5, 5.41) is 5.45. The van der Waals surface area contributed by atoms with Gasteiger partial charge in [0.15, 0.2) is 0 Å². The molecule has 0 aliphatic carbocycles. The SMILES string of the molecule is C[c-]1ccc2ccccc21.C[c-]1ccc2ccccc21.[Co+2]. The van der Waals surface area contributed by atoms with E-state index >= 15 is 0 Å². The molecule has 0 N–H and O–H groups in total. The van der Waals surface area contributed by atoms with Crippen molar-refractivity contribution in [2.24, 2.45) is 0 Å². The molecule has 0 heterocycles. The molecular formula is C20H18Co. The van der Waals surface area contributed by atoms with E-state index in [9.17, 15) is 0 Å². The molecule has 0 unspecified atom stereocenters. The Morgan fingerprint density at radius 2 is 0.952 bits per heavy atom. The molecule has 0 amide bonds. The van der Waals surface area contributed by atoms with E-state index in [0.717, 1.165) is 0 Å². The average molecular weight is 317 g/mol. The van der Waals surface area contributed by atoms with Crippen molar-refractivity contribution in [1.82, 2.24) is 0 Å². The normalized spacial score (nSPS) is 10.0. The molecule has 0 aliphatic heterocycles. The third-order valence-electron chi connectivity index (χ3n) is 3.80. The predicted octanol–water partition coefficient (Wildman–Crippen LogP) is 5.73. The van der Waals surface area contributed by atoms with Crippen LogP contribution in [0, 0.1) is 13.8 Å². The first-order chi connectivity index (χ1) is 9.75. The van der Waals surface area contributed by atoms with Crippen LogP contribution in [0.4, 0.5) is 0 Å². The number of hydrogen-bond acceptors (Lipinski definition) is 0. The number of fused-ring (bicyclic) bond motifs is 2. The largest absolute Gasteiger partial charge is 2.00 e. The van der Waals surface area contributed by atoms with Gasteiger partial charge in [-0.1, -0.05) is 26.0 Å². The van der Waals surface area contributed by atoms with Crippen molar-refractivity contribution in [1.29, 1.82) is 0 Å². The molecule has 4 aromatic rings. The van der Waals surface area contributed by atoms with Gasteiger partial charge in [0.05, 0.1) is 0 Å². The summed E-state index contributed by atoms with van der Waals surface area (Å²) in [7, 11) is 0. The van der Waals surface area contributed by atoms with Gasteiger partial charge in [0.2, 0.25) is 0 Å². The Hall–Kier alpha value is -1.83. The Kier molecular flexibility index (Phi) is 5.00. The third-order valence-corrected chi connectivity index (χ3v) is 3.80. The number of hydrogen-bond donors (Lipinski definition) is 0. The molecule has 4 aromatic carbocycles. The quantitative estimate of drug-likeness (QED) is 0.363. The van der Waals surface area contributed by atoms with E-state index in [-0.39, 0.29) is 16.8 Å². The molecule has 0 nitrogen and oxygen atoms in total. The zero-order valence-electron chi connectivity index (χ0n) is 12.3. The minimum absolute atomic E-state index is 0. The van der Waals surface area contributed by atoms with Crippen LogP contribution in [-0.2, 0) is 16.8 Å². The average Bonchev–Trinajstić information content (AvgIpc) is 3.05. The van der Waals surface area contributed by atoms with Crippen molar-refractivity contribution in [3.05, 3.63) is 83.9 Å². The van der Waals surface area contributed by atoms with Gasteiger partial charge in [0, 0.05) is 0 Å². The van der Waals surface area contributed by atoms with Crippen LogP contribution in [0.25, 0.3) is 21.5 Å². The van der Waals surface area contributed by atoms with Crippen LogP contribution < -0.4 is 0 Å². The molecule has 1 heteroatoms. The predicted molar refractivity (Wildman–Crippen MR) is 88.6 cm³/mol. The first kappa shape index (κ1) is 15.6. The molecule has 0 spiro atoms. The summed E-state index contributed by atoms with van der Waals surface area (Å²) in [5.41, 5.74) is 2.74. The van der Waals surface area contributed by atoms with E-state index in [1.165, 1.54) is 32.7 Å². The van der Waals surface area contributed by atoms with Crippen LogP contribution in [0.2, 0.25) is 0 Å². The Morgan fingerprint density at radius 3 is 1.33 bits per heavy atom. The molecular weight excluding hydrogens is 299 g/mol. The fraction of sp³-hybridized carbons (Fsp3) is 0.100. The molecule has 4 rings (SSSR count). The van der Waals surface area contributed by atoms with Crippen molar-refractivity contribution in [3.63, 3.8) is 0 Å². The molecule has 107 valence electrons. The number of rotatable bonds is 0. The third kappa shape index (κ3) is 3.26. The van der Waals surface area contributed by atoms with Crippen LogP contribution in [0.1, 0.15) is 11.1 Å². The summed E-state index contributed by atoms with van der Waals surface area (Å²) in [4.78, 5) is 0. The fourth-order valence-corrected chi connectivity index (χ4v) is 2.61. The van der Waals surface area contributed by atoms with Crippen molar-refractivity contribution < 1.29 is 16.8 Å². The monoisotopic (exact) mass is 317 g/mol. The zero-order chi connectivity index (χ0) is 13.9. The molecule has 0 aromatic heterocycles. The Balaban J connectivity index is 0.000000147.